The second-order valence-corrected chi connectivity index (χ2v) is 16.8. The molecule has 1 aliphatic rings. The summed E-state index contributed by atoms with van der Waals surface area (Å²) in [7, 11) is 0. The number of furan rings is 1. The highest BCUT2D eigenvalue weighted by molar-refractivity contribution is 6.23. The summed E-state index contributed by atoms with van der Waals surface area (Å²) in [4.78, 5) is 16.1. The van der Waals surface area contributed by atoms with Crippen molar-refractivity contribution in [3.8, 4) is 51.0 Å². The van der Waals surface area contributed by atoms with E-state index in [2.05, 4.69) is 182 Å². The van der Waals surface area contributed by atoms with Crippen LogP contribution in [-0.2, 0) is 5.41 Å². The average molecular weight is 811 g/mol. The lowest BCUT2D eigenvalue weighted by Crippen LogP contribution is -2.16. The summed E-state index contributed by atoms with van der Waals surface area (Å²) in [6.07, 6.45) is 0. The summed E-state index contributed by atoms with van der Waals surface area (Å²) in [5, 5.41) is 9.12. The van der Waals surface area contributed by atoms with Crippen molar-refractivity contribution in [2.24, 2.45) is 0 Å². The summed E-state index contributed by atoms with van der Waals surface area (Å²) in [6, 6.07) is 64.8. The average Bonchev–Trinajstić information content (AvgIpc) is 3.97. The van der Waals surface area contributed by atoms with E-state index in [0.717, 1.165) is 65.8 Å². The van der Waals surface area contributed by atoms with E-state index in [4.69, 9.17) is 19.4 Å². The molecule has 0 aliphatic heterocycles. The number of aromatic nitrogens is 4. The van der Waals surface area contributed by atoms with Crippen molar-refractivity contribution in [3.05, 3.63) is 193 Å². The molecule has 3 aromatic heterocycles. The fraction of sp³-hybridized carbons (Fsp3) is 0.0862. The molecule has 0 N–H and O–H groups in total. The topological polar surface area (TPSA) is 56.7 Å². The van der Waals surface area contributed by atoms with Crippen molar-refractivity contribution in [1.82, 2.24) is 19.5 Å². The maximum atomic E-state index is 6.40. The van der Waals surface area contributed by atoms with Gasteiger partial charge in [0.15, 0.2) is 11.6 Å². The number of rotatable bonds is 4. The molecule has 63 heavy (non-hydrogen) atoms. The number of hydrogen-bond acceptors (Lipinski definition) is 4. The predicted molar refractivity (Wildman–Crippen MR) is 262 cm³/mol. The van der Waals surface area contributed by atoms with Crippen LogP contribution in [0.15, 0.2) is 186 Å². The van der Waals surface area contributed by atoms with E-state index in [1.165, 1.54) is 44.0 Å². The van der Waals surface area contributed by atoms with Gasteiger partial charge in [0.2, 0.25) is 5.95 Å². The van der Waals surface area contributed by atoms with E-state index in [9.17, 15) is 0 Å². The predicted octanol–water partition coefficient (Wildman–Crippen LogP) is 15.5. The Bertz CT molecular complexity index is 3810. The van der Waals surface area contributed by atoms with Gasteiger partial charge in [-0.25, -0.2) is 4.98 Å². The molecule has 0 fully saturated rings. The monoisotopic (exact) mass is 810 g/mol. The van der Waals surface area contributed by atoms with Gasteiger partial charge in [0.05, 0.1) is 11.0 Å². The van der Waals surface area contributed by atoms with Crippen molar-refractivity contribution >= 4 is 65.3 Å². The molecule has 0 radical (unpaired) electrons. The van der Waals surface area contributed by atoms with Gasteiger partial charge >= 0.3 is 0 Å². The molecule has 0 bridgehead atoms. The van der Waals surface area contributed by atoms with Crippen molar-refractivity contribution in [3.63, 3.8) is 0 Å². The van der Waals surface area contributed by atoms with E-state index in [0.29, 0.717) is 17.6 Å². The second-order valence-electron chi connectivity index (χ2n) is 16.8. The Morgan fingerprint density at radius 1 is 0.444 bits per heavy atom. The van der Waals surface area contributed by atoms with Crippen molar-refractivity contribution < 1.29 is 4.42 Å². The standard InChI is InChI=1S/C56H36N4O.C2H6/c1-56(2)46-23-9-7-17-39(46)42-19-11-20-43(51(42)56)44-21-12-22-45-50-38-16-6-5-14-34(38)28-30-47(50)60(52(44)45)55-58-53(36-26-25-33-13-3-4-15-35(33)31-36)57-54(59-55)37-27-29-41-40-18-8-10-24-48(40)61-49(41)32-37;1-2/h3-32H,1-2H3;1-2H3. The van der Waals surface area contributed by atoms with Crippen LogP contribution in [0.1, 0.15) is 38.8 Å². The van der Waals surface area contributed by atoms with E-state index < -0.39 is 0 Å². The summed E-state index contributed by atoms with van der Waals surface area (Å²) in [5.74, 6) is 1.72. The molecule has 0 unspecified atom stereocenters. The van der Waals surface area contributed by atoms with Crippen LogP contribution < -0.4 is 0 Å². The summed E-state index contributed by atoms with van der Waals surface area (Å²) >= 11 is 0. The SMILES string of the molecule is CC.CC1(C)c2ccccc2-c2cccc(-c3cccc4c5c6ccccc6ccc5n(-c5nc(-c6ccc7ccccc7c6)nc(-c6ccc7c(c6)oc6ccccc67)n5)c34)c21. The molecule has 3 heterocycles. The highest BCUT2D eigenvalue weighted by Gasteiger charge is 2.38. The molecule has 0 amide bonds. The first-order valence-electron chi connectivity index (χ1n) is 21.9. The van der Waals surface area contributed by atoms with Crippen LogP contribution in [0.5, 0.6) is 0 Å². The van der Waals surface area contributed by atoms with Crippen molar-refractivity contribution in [2.45, 2.75) is 33.1 Å². The smallest absolute Gasteiger partial charge is 0.238 e. The molecule has 12 aromatic rings. The zero-order valence-electron chi connectivity index (χ0n) is 35.5. The molecule has 13 rings (SSSR count). The van der Waals surface area contributed by atoms with Gasteiger partial charge in [-0.05, 0) is 79.7 Å². The Balaban J connectivity index is 0.00000208. The lowest BCUT2D eigenvalue weighted by Gasteiger charge is -2.25. The van der Waals surface area contributed by atoms with E-state index in [1.807, 2.05) is 32.0 Å². The maximum absolute atomic E-state index is 6.40. The van der Waals surface area contributed by atoms with Gasteiger partial charge in [-0.15, -0.1) is 0 Å². The van der Waals surface area contributed by atoms with Gasteiger partial charge in [-0.3, -0.25) is 4.57 Å². The molecule has 5 nitrogen and oxygen atoms in total. The van der Waals surface area contributed by atoms with Crippen LogP contribution in [0.3, 0.4) is 0 Å². The minimum Gasteiger partial charge on any atom is -0.456 e. The number of para-hydroxylation sites is 2. The van der Waals surface area contributed by atoms with E-state index in [1.54, 1.807) is 0 Å². The zero-order valence-corrected chi connectivity index (χ0v) is 35.5. The van der Waals surface area contributed by atoms with Gasteiger partial charge in [0.1, 0.15) is 11.2 Å². The summed E-state index contributed by atoms with van der Waals surface area (Å²) < 4.78 is 8.69. The van der Waals surface area contributed by atoms with E-state index >= 15 is 0 Å². The molecular weight excluding hydrogens is 769 g/mol. The zero-order chi connectivity index (χ0) is 42.4. The fourth-order valence-electron chi connectivity index (χ4n) is 10.2. The minimum absolute atomic E-state index is 0.215. The third kappa shape index (κ3) is 5.52. The molecule has 0 saturated heterocycles. The molecule has 300 valence electrons. The molecule has 5 heteroatoms. The Kier molecular flexibility index (Phi) is 8.25. The summed E-state index contributed by atoms with van der Waals surface area (Å²) in [5.41, 5.74) is 12.9. The molecule has 9 aromatic carbocycles. The van der Waals surface area contributed by atoms with Crippen LogP contribution in [0.2, 0.25) is 0 Å². The number of nitrogens with zero attached hydrogens (tertiary/aromatic N) is 4. The van der Waals surface area contributed by atoms with Crippen molar-refractivity contribution in [1.29, 1.82) is 0 Å². The van der Waals surface area contributed by atoms with E-state index in [-0.39, 0.29) is 5.41 Å². The molecule has 0 spiro atoms. The largest absolute Gasteiger partial charge is 0.456 e. The van der Waals surface area contributed by atoms with Gasteiger partial charge in [-0.1, -0.05) is 179 Å². The third-order valence-corrected chi connectivity index (χ3v) is 13.0. The minimum atomic E-state index is -0.215. The normalized spacial score (nSPS) is 12.9. The van der Waals surface area contributed by atoms with Crippen LogP contribution in [0, 0.1) is 0 Å². The highest BCUT2D eigenvalue weighted by Crippen LogP contribution is 2.53. The fourth-order valence-corrected chi connectivity index (χ4v) is 10.2. The summed E-state index contributed by atoms with van der Waals surface area (Å²) in [6.45, 7) is 8.72. The molecule has 1 aliphatic carbocycles. The van der Waals surface area contributed by atoms with Crippen molar-refractivity contribution in [2.75, 3.05) is 0 Å². The molecule has 0 atom stereocenters. The third-order valence-electron chi connectivity index (χ3n) is 13.0. The molecule has 0 saturated carbocycles. The van der Waals surface area contributed by atoms with Gasteiger partial charge in [0.25, 0.3) is 0 Å². The Morgan fingerprint density at radius 2 is 1.03 bits per heavy atom. The Morgan fingerprint density at radius 3 is 1.87 bits per heavy atom. The van der Waals surface area contributed by atoms with Crippen LogP contribution >= 0.6 is 0 Å². The van der Waals surface area contributed by atoms with Gasteiger partial charge in [0, 0.05) is 43.7 Å². The second kappa shape index (κ2) is 14.1. The quantitative estimate of drug-likeness (QED) is 0.178. The lowest BCUT2D eigenvalue weighted by molar-refractivity contribution is 0.662. The van der Waals surface area contributed by atoms with Crippen LogP contribution in [0.4, 0.5) is 0 Å². The van der Waals surface area contributed by atoms with Gasteiger partial charge in [-0.2, -0.15) is 9.97 Å². The first kappa shape index (κ1) is 36.9. The maximum Gasteiger partial charge on any atom is 0.238 e. The first-order chi connectivity index (χ1) is 31.0. The Hall–Kier alpha value is -7.89. The Labute approximate surface area is 365 Å². The van der Waals surface area contributed by atoms with Crippen LogP contribution in [0.25, 0.3) is 116 Å². The highest BCUT2D eigenvalue weighted by atomic mass is 16.3. The number of benzene rings is 9. The molecular formula is C58H42N4O. The van der Waals surface area contributed by atoms with Crippen LogP contribution in [-0.4, -0.2) is 19.5 Å². The lowest BCUT2D eigenvalue weighted by atomic mass is 9.78. The van der Waals surface area contributed by atoms with Gasteiger partial charge < -0.3 is 4.42 Å². The number of hydrogen-bond donors (Lipinski definition) is 0. The number of fused-ring (bicyclic) bond motifs is 12. The first-order valence-corrected chi connectivity index (χ1v) is 21.9.